The summed E-state index contributed by atoms with van der Waals surface area (Å²) in [7, 11) is -3.12. The molecule has 4 aromatic heterocycles. The van der Waals surface area contributed by atoms with Crippen molar-refractivity contribution in [1.82, 2.24) is 18.3 Å². The number of aromatic nitrogens is 4. The van der Waals surface area contributed by atoms with E-state index < -0.39 is 8.07 Å². The highest BCUT2D eigenvalue weighted by atomic mass is 28.3. The summed E-state index contributed by atoms with van der Waals surface area (Å²) in [4.78, 5) is 0. The summed E-state index contributed by atoms with van der Waals surface area (Å²) in [6, 6.07) is 103. The Bertz CT molecular complexity index is 6180. The normalized spacial score (nSPS) is 13.6. The molecule has 0 saturated heterocycles. The highest BCUT2D eigenvalue weighted by Gasteiger charge is 2.55. The second-order valence-corrected chi connectivity index (χ2v) is 36.4. The van der Waals surface area contributed by atoms with E-state index in [9.17, 15) is 5.26 Å². The van der Waals surface area contributed by atoms with E-state index in [1.165, 1.54) is 65.3 Å². The standard InChI is InChI=1S/C95H79N5Si/c1-92(2,3)57-44-48-78-69(52-57)61-28-13-20-36-74(61)97(78)88-73(56-96)89(98-75-37-21-14-29-62(75)70-53-58(93(4,5)6)45-49-79(70)98)91(100-77-39-23-16-31-64(77)72-55-60(95(10,11)12)47-51-81(72)100)87(90(88)99-76-38-22-15-30-63(76)71-54-59(94(7,8)9)46-50-80(71)99)68-35-27-43-85-86(68)67-34-19-26-42-84(67)101(85)82-40-24-17-32-65(82)66-33-18-25-41-83(66)101/h13-55H,1-12H3. The van der Waals surface area contributed by atoms with Crippen LogP contribution in [0.5, 0.6) is 0 Å². The first-order valence-corrected chi connectivity index (χ1v) is 37.9. The quantitative estimate of drug-likeness (QED) is 0.158. The third-order valence-electron chi connectivity index (χ3n) is 22.8. The van der Waals surface area contributed by atoms with Crippen LogP contribution in [0.3, 0.4) is 0 Å². The molecule has 17 aromatic rings. The highest BCUT2D eigenvalue weighted by molar-refractivity contribution is 7.24. The minimum absolute atomic E-state index is 0.151. The molecule has 19 rings (SSSR count). The van der Waals surface area contributed by atoms with E-state index in [0.717, 1.165) is 121 Å². The van der Waals surface area contributed by atoms with Crippen LogP contribution in [0.1, 0.15) is 111 Å². The van der Waals surface area contributed by atoms with Crippen LogP contribution in [-0.2, 0) is 21.7 Å². The summed E-state index contributed by atoms with van der Waals surface area (Å²) in [5, 5.41) is 28.4. The zero-order valence-electron chi connectivity index (χ0n) is 59.6. The molecule has 0 atom stereocenters. The number of benzene rings is 13. The molecule has 2 aliphatic rings. The smallest absolute Gasteiger partial charge is 0.182 e. The fourth-order valence-corrected chi connectivity index (χ4v) is 23.6. The molecule has 101 heavy (non-hydrogen) atoms. The monoisotopic (exact) mass is 1320 g/mol. The molecule has 5 nitrogen and oxygen atoms in total. The number of hydrogen-bond acceptors (Lipinski definition) is 1. The van der Waals surface area contributed by atoms with Crippen molar-refractivity contribution in [1.29, 1.82) is 5.26 Å². The second kappa shape index (κ2) is 21.2. The summed E-state index contributed by atoms with van der Waals surface area (Å²) in [5.41, 5.74) is 23.9. The zero-order chi connectivity index (χ0) is 69.1. The van der Waals surface area contributed by atoms with Gasteiger partial charge in [-0.05, 0) is 165 Å². The van der Waals surface area contributed by atoms with Gasteiger partial charge in [0.1, 0.15) is 11.6 Å². The third kappa shape index (κ3) is 8.42. The van der Waals surface area contributed by atoms with Crippen LogP contribution >= 0.6 is 0 Å². The molecule has 0 N–H and O–H groups in total. The molecule has 0 saturated carbocycles. The molecule has 13 aromatic carbocycles. The van der Waals surface area contributed by atoms with Crippen LogP contribution in [0.4, 0.5) is 0 Å². The van der Waals surface area contributed by atoms with Crippen molar-refractivity contribution >= 4 is 116 Å². The molecule has 0 radical (unpaired) electrons. The molecule has 0 aliphatic carbocycles. The molecule has 0 fully saturated rings. The largest absolute Gasteiger partial charge is 0.306 e. The first-order valence-electron chi connectivity index (χ1n) is 35.9. The molecular formula is C95H79N5Si. The molecular weight excluding hydrogens is 1240 g/mol. The van der Waals surface area contributed by atoms with Gasteiger partial charge in [0.25, 0.3) is 0 Å². The maximum Gasteiger partial charge on any atom is 0.182 e. The highest BCUT2D eigenvalue weighted by Crippen LogP contribution is 2.55. The number of hydrogen-bond donors (Lipinski definition) is 0. The lowest BCUT2D eigenvalue weighted by Gasteiger charge is -2.31. The number of para-hydroxylation sites is 4. The van der Waals surface area contributed by atoms with Crippen molar-refractivity contribution in [2.75, 3.05) is 0 Å². The van der Waals surface area contributed by atoms with Crippen LogP contribution in [0.25, 0.3) is 143 Å². The summed E-state index contributed by atoms with van der Waals surface area (Å²) in [5.74, 6) is 0. The average molecular weight is 1320 g/mol. The van der Waals surface area contributed by atoms with Gasteiger partial charge in [-0.3, -0.25) is 0 Å². The van der Waals surface area contributed by atoms with E-state index in [2.05, 4.69) is 368 Å². The maximum atomic E-state index is 13.7. The van der Waals surface area contributed by atoms with Crippen LogP contribution in [0, 0.1) is 11.3 Å². The van der Waals surface area contributed by atoms with Crippen molar-refractivity contribution in [2.45, 2.75) is 105 Å². The Labute approximate surface area is 591 Å². The molecule has 0 unspecified atom stereocenters. The Kier molecular flexibility index (Phi) is 12.8. The molecule has 6 heterocycles. The Morgan fingerprint density at radius 2 is 0.515 bits per heavy atom. The minimum atomic E-state index is -3.12. The first kappa shape index (κ1) is 60.9. The van der Waals surface area contributed by atoms with Crippen LogP contribution in [0.2, 0.25) is 0 Å². The molecule has 0 amide bonds. The van der Waals surface area contributed by atoms with E-state index in [1.54, 1.807) is 0 Å². The van der Waals surface area contributed by atoms with E-state index >= 15 is 0 Å². The van der Waals surface area contributed by atoms with Crippen molar-refractivity contribution in [3.05, 3.63) is 289 Å². The summed E-state index contributed by atoms with van der Waals surface area (Å²) in [6.45, 7) is 27.8. The number of nitrogens with zero attached hydrogens (tertiary/aromatic N) is 5. The van der Waals surface area contributed by atoms with E-state index in [4.69, 9.17) is 0 Å². The molecule has 2 aliphatic heterocycles. The number of fused-ring (bicyclic) bond motifs is 22. The van der Waals surface area contributed by atoms with E-state index in [-0.39, 0.29) is 21.7 Å². The SMILES string of the molecule is CC(C)(C)c1ccc2c(c1)c1ccccc1n2-c1c(C#N)c(-n2c3ccccc3c3cc(C(C)(C)C)ccc32)c(-n2c3ccccc3c3cc(C(C)(C)C)ccc32)c(-c2cccc3c2-c2ccccc2[Si]32c3ccccc3-c3ccccc32)c1-n1c2ccccc2c2cc(C(C)(C)C)ccc21. The number of rotatable bonds is 5. The van der Waals surface area contributed by atoms with Gasteiger partial charge in [-0.2, -0.15) is 5.26 Å². The van der Waals surface area contributed by atoms with Crippen molar-refractivity contribution in [3.63, 3.8) is 0 Å². The Hall–Kier alpha value is -11.2. The van der Waals surface area contributed by atoms with Gasteiger partial charge < -0.3 is 18.3 Å². The first-order chi connectivity index (χ1) is 48.7. The van der Waals surface area contributed by atoms with Gasteiger partial charge in [0.2, 0.25) is 0 Å². The summed E-state index contributed by atoms with van der Waals surface area (Å²) < 4.78 is 10.2. The Morgan fingerprint density at radius 1 is 0.248 bits per heavy atom. The average Bonchev–Trinajstić information content (AvgIpc) is 1.52. The fourth-order valence-electron chi connectivity index (χ4n) is 18.0. The minimum Gasteiger partial charge on any atom is -0.306 e. The maximum absolute atomic E-state index is 13.7. The van der Waals surface area contributed by atoms with Crippen LogP contribution in [0.15, 0.2) is 261 Å². The Balaban J connectivity index is 1.15. The molecule has 6 heteroatoms. The van der Waals surface area contributed by atoms with Crippen LogP contribution in [-0.4, -0.2) is 26.3 Å². The predicted molar refractivity (Wildman–Crippen MR) is 430 cm³/mol. The van der Waals surface area contributed by atoms with Gasteiger partial charge in [0, 0.05) is 48.7 Å². The van der Waals surface area contributed by atoms with Gasteiger partial charge in [-0.15, -0.1) is 0 Å². The van der Waals surface area contributed by atoms with Crippen molar-refractivity contribution < 1.29 is 0 Å². The van der Waals surface area contributed by atoms with Crippen molar-refractivity contribution in [3.8, 4) is 62.2 Å². The number of nitriles is 1. The Morgan fingerprint density at radius 3 is 0.851 bits per heavy atom. The van der Waals surface area contributed by atoms with Gasteiger partial charge in [-0.1, -0.05) is 271 Å². The molecule has 0 bridgehead atoms. The predicted octanol–water partition coefficient (Wildman–Crippen LogP) is 22.1. The second-order valence-electron chi connectivity index (χ2n) is 32.7. The fraction of sp³-hybridized carbons (Fsp3) is 0.168. The molecule has 488 valence electrons. The lowest BCUT2D eigenvalue weighted by Crippen LogP contribution is -2.70. The zero-order valence-corrected chi connectivity index (χ0v) is 60.6. The van der Waals surface area contributed by atoms with E-state index in [1.807, 2.05) is 0 Å². The summed E-state index contributed by atoms with van der Waals surface area (Å²) in [6.07, 6.45) is 0. The third-order valence-corrected chi connectivity index (χ3v) is 27.8. The van der Waals surface area contributed by atoms with Crippen molar-refractivity contribution in [2.24, 2.45) is 0 Å². The summed E-state index contributed by atoms with van der Waals surface area (Å²) >= 11 is 0. The van der Waals surface area contributed by atoms with Gasteiger partial charge in [-0.25, -0.2) is 0 Å². The lowest BCUT2D eigenvalue weighted by molar-refractivity contribution is 0.591. The molecule has 1 spiro atoms. The lowest BCUT2D eigenvalue weighted by atomic mass is 9.86. The van der Waals surface area contributed by atoms with Gasteiger partial charge in [0.05, 0.1) is 66.9 Å². The topological polar surface area (TPSA) is 43.5 Å². The van der Waals surface area contributed by atoms with E-state index in [0.29, 0.717) is 5.56 Å². The van der Waals surface area contributed by atoms with Gasteiger partial charge in [0.15, 0.2) is 8.07 Å². The van der Waals surface area contributed by atoms with Crippen LogP contribution < -0.4 is 20.7 Å². The van der Waals surface area contributed by atoms with Gasteiger partial charge >= 0.3 is 0 Å².